The third kappa shape index (κ3) is 2.21. The number of aryl methyl sites for hydroxylation is 1. The van der Waals surface area contributed by atoms with Gasteiger partial charge in [-0.05, 0) is 44.2 Å². The number of hydrogen-bond donors (Lipinski definition) is 0. The molecule has 120 valence electrons. The summed E-state index contributed by atoms with van der Waals surface area (Å²) in [5, 5.41) is 0.399. The minimum absolute atomic E-state index is 0.0850. The summed E-state index contributed by atoms with van der Waals surface area (Å²) < 4.78 is 24.4. The van der Waals surface area contributed by atoms with E-state index in [0.717, 1.165) is 29.3 Å². The van der Waals surface area contributed by atoms with Gasteiger partial charge in [-0.3, -0.25) is 9.78 Å². The molecule has 0 amide bonds. The summed E-state index contributed by atoms with van der Waals surface area (Å²) in [5.41, 5.74) is 2.44. The van der Waals surface area contributed by atoms with E-state index in [2.05, 4.69) is 4.98 Å². The lowest BCUT2D eigenvalue weighted by atomic mass is 9.88. The van der Waals surface area contributed by atoms with Gasteiger partial charge in [-0.1, -0.05) is 18.2 Å². The number of nitrogens with zero attached hydrogens (tertiary/aromatic N) is 1. The zero-order valence-electron chi connectivity index (χ0n) is 13.0. The molecule has 2 aliphatic heterocycles. The summed E-state index contributed by atoms with van der Waals surface area (Å²) in [7, 11) is -2.99. The molecule has 2 aromatic rings. The summed E-state index contributed by atoms with van der Waals surface area (Å²) in [6.07, 6.45) is 4.13. The van der Waals surface area contributed by atoms with Gasteiger partial charge in [-0.2, -0.15) is 0 Å². The SMILES string of the molecule is Cc1c(C(=O)C2CC3CCC(C2)S3(=O)=O)ccc2cccnc12. The van der Waals surface area contributed by atoms with E-state index in [9.17, 15) is 13.2 Å². The molecule has 2 saturated heterocycles. The smallest absolute Gasteiger partial charge is 0.166 e. The lowest BCUT2D eigenvalue weighted by molar-refractivity contribution is 0.0905. The van der Waals surface area contributed by atoms with Crippen molar-refractivity contribution >= 4 is 26.5 Å². The van der Waals surface area contributed by atoms with Gasteiger partial charge < -0.3 is 0 Å². The lowest BCUT2D eigenvalue weighted by Gasteiger charge is -2.27. The molecule has 2 bridgehead atoms. The van der Waals surface area contributed by atoms with Crippen LogP contribution in [0.2, 0.25) is 0 Å². The lowest BCUT2D eigenvalue weighted by Crippen LogP contribution is -2.36. The molecule has 2 aliphatic rings. The third-order valence-corrected chi connectivity index (χ3v) is 8.21. The number of pyridine rings is 1. The van der Waals surface area contributed by atoms with Gasteiger partial charge in [0.25, 0.3) is 0 Å². The van der Waals surface area contributed by atoms with Crippen LogP contribution in [-0.4, -0.2) is 29.7 Å². The van der Waals surface area contributed by atoms with Gasteiger partial charge in [-0.15, -0.1) is 0 Å². The number of sulfone groups is 1. The molecule has 1 aromatic carbocycles. The Hall–Kier alpha value is -1.75. The minimum atomic E-state index is -2.99. The van der Waals surface area contributed by atoms with Crippen molar-refractivity contribution in [3.05, 3.63) is 41.6 Å². The highest BCUT2D eigenvalue weighted by Gasteiger charge is 2.48. The maximum atomic E-state index is 13.0. The van der Waals surface area contributed by atoms with Crippen molar-refractivity contribution in [2.45, 2.75) is 43.1 Å². The van der Waals surface area contributed by atoms with Crippen LogP contribution in [-0.2, 0) is 9.84 Å². The van der Waals surface area contributed by atoms with E-state index >= 15 is 0 Å². The molecule has 0 radical (unpaired) electrons. The Balaban J connectivity index is 1.70. The molecule has 3 heterocycles. The van der Waals surface area contributed by atoms with Crippen molar-refractivity contribution in [3.63, 3.8) is 0 Å². The van der Waals surface area contributed by atoms with Gasteiger partial charge in [0.15, 0.2) is 15.6 Å². The van der Waals surface area contributed by atoms with Crippen molar-refractivity contribution in [3.8, 4) is 0 Å². The van der Waals surface area contributed by atoms with Gasteiger partial charge in [0, 0.05) is 23.1 Å². The van der Waals surface area contributed by atoms with Crippen molar-refractivity contribution < 1.29 is 13.2 Å². The molecular weight excluding hydrogens is 310 g/mol. The molecular formula is C18H19NO3S. The molecule has 0 N–H and O–H groups in total. The quantitative estimate of drug-likeness (QED) is 0.794. The van der Waals surface area contributed by atoms with E-state index < -0.39 is 9.84 Å². The average molecular weight is 329 g/mol. The zero-order chi connectivity index (χ0) is 16.2. The molecule has 0 aliphatic carbocycles. The van der Waals surface area contributed by atoms with E-state index in [1.807, 2.05) is 31.2 Å². The van der Waals surface area contributed by atoms with Crippen LogP contribution in [0.1, 0.15) is 41.6 Å². The highest BCUT2D eigenvalue weighted by Crippen LogP contribution is 2.42. The van der Waals surface area contributed by atoms with E-state index in [1.54, 1.807) is 6.20 Å². The maximum absolute atomic E-state index is 13.0. The van der Waals surface area contributed by atoms with E-state index in [4.69, 9.17) is 0 Å². The number of fused-ring (bicyclic) bond motifs is 3. The molecule has 1 aromatic heterocycles. The Morgan fingerprint density at radius 2 is 1.83 bits per heavy atom. The fraction of sp³-hybridized carbons (Fsp3) is 0.444. The highest BCUT2D eigenvalue weighted by molar-refractivity contribution is 7.93. The number of carbonyl (C=O) groups is 1. The molecule has 2 unspecified atom stereocenters. The van der Waals surface area contributed by atoms with Crippen LogP contribution in [0.25, 0.3) is 10.9 Å². The Morgan fingerprint density at radius 1 is 1.13 bits per heavy atom. The van der Waals surface area contributed by atoms with Gasteiger partial charge in [0.1, 0.15) is 0 Å². The number of rotatable bonds is 2. The normalized spacial score (nSPS) is 28.8. The molecule has 23 heavy (non-hydrogen) atoms. The molecule has 0 saturated carbocycles. The van der Waals surface area contributed by atoms with Gasteiger partial charge in [-0.25, -0.2) is 8.42 Å². The van der Waals surface area contributed by atoms with E-state index in [1.165, 1.54) is 0 Å². The summed E-state index contributed by atoms with van der Waals surface area (Å²) in [6.45, 7) is 1.93. The molecule has 2 atom stereocenters. The summed E-state index contributed by atoms with van der Waals surface area (Å²) in [4.78, 5) is 17.4. The molecule has 5 heteroatoms. The molecule has 2 fully saturated rings. The van der Waals surface area contributed by atoms with Crippen molar-refractivity contribution in [2.24, 2.45) is 5.92 Å². The Bertz CT molecular complexity index is 884. The Morgan fingerprint density at radius 3 is 2.52 bits per heavy atom. The van der Waals surface area contributed by atoms with Gasteiger partial charge >= 0.3 is 0 Å². The monoisotopic (exact) mass is 329 g/mol. The summed E-state index contributed by atoms with van der Waals surface area (Å²) in [5.74, 6) is -0.0854. The van der Waals surface area contributed by atoms with Crippen molar-refractivity contribution in [2.75, 3.05) is 0 Å². The van der Waals surface area contributed by atoms with E-state index in [0.29, 0.717) is 18.4 Å². The minimum Gasteiger partial charge on any atom is -0.294 e. The van der Waals surface area contributed by atoms with Crippen LogP contribution in [0.4, 0.5) is 0 Å². The first-order valence-electron chi connectivity index (χ1n) is 8.09. The van der Waals surface area contributed by atoms with E-state index in [-0.39, 0.29) is 22.2 Å². The number of Topliss-reactive ketones (excluding diaryl/α,β-unsaturated/α-hetero) is 1. The Labute approximate surface area is 135 Å². The van der Waals surface area contributed by atoms with Crippen LogP contribution < -0.4 is 0 Å². The first kappa shape index (κ1) is 14.8. The number of benzene rings is 1. The zero-order valence-corrected chi connectivity index (χ0v) is 13.8. The second kappa shape index (κ2) is 5.13. The molecule has 4 nitrogen and oxygen atoms in total. The Kier molecular flexibility index (Phi) is 3.30. The highest BCUT2D eigenvalue weighted by atomic mass is 32.2. The first-order valence-corrected chi connectivity index (χ1v) is 9.70. The predicted molar refractivity (Wildman–Crippen MR) is 89.3 cm³/mol. The number of carbonyl (C=O) groups excluding carboxylic acids is 1. The van der Waals surface area contributed by atoms with Crippen LogP contribution in [0.5, 0.6) is 0 Å². The fourth-order valence-corrected chi connectivity index (χ4v) is 6.67. The second-order valence-corrected chi connectivity index (χ2v) is 9.27. The van der Waals surface area contributed by atoms with Crippen LogP contribution in [0, 0.1) is 12.8 Å². The van der Waals surface area contributed by atoms with Gasteiger partial charge in [0.2, 0.25) is 0 Å². The van der Waals surface area contributed by atoms with Crippen LogP contribution >= 0.6 is 0 Å². The number of ketones is 1. The maximum Gasteiger partial charge on any atom is 0.166 e. The van der Waals surface area contributed by atoms with Crippen LogP contribution in [0.15, 0.2) is 30.5 Å². The number of hydrogen-bond acceptors (Lipinski definition) is 4. The summed E-state index contributed by atoms with van der Waals surface area (Å²) in [6, 6.07) is 7.66. The van der Waals surface area contributed by atoms with Crippen LogP contribution in [0.3, 0.4) is 0 Å². The van der Waals surface area contributed by atoms with Crippen molar-refractivity contribution in [1.82, 2.24) is 4.98 Å². The largest absolute Gasteiger partial charge is 0.294 e. The van der Waals surface area contributed by atoms with Crippen molar-refractivity contribution in [1.29, 1.82) is 0 Å². The molecule has 0 spiro atoms. The third-order valence-electron chi connectivity index (χ3n) is 5.50. The predicted octanol–water partition coefficient (Wildman–Crippen LogP) is 3.08. The number of aromatic nitrogens is 1. The second-order valence-electron chi connectivity index (χ2n) is 6.76. The average Bonchev–Trinajstić information content (AvgIpc) is 2.73. The fourth-order valence-electron chi connectivity index (χ4n) is 4.20. The standard InChI is InChI=1S/C18H19NO3S/c1-11-16(7-4-12-3-2-8-19-17(11)12)18(20)13-9-14-5-6-15(10-13)23(14,21)22/h2-4,7-8,13-15H,5-6,9-10H2,1H3. The topological polar surface area (TPSA) is 64.1 Å². The summed E-state index contributed by atoms with van der Waals surface area (Å²) >= 11 is 0. The first-order chi connectivity index (χ1) is 11.0. The van der Waals surface area contributed by atoms with Gasteiger partial charge in [0.05, 0.1) is 16.0 Å². The molecule has 4 rings (SSSR count).